The van der Waals surface area contributed by atoms with Gasteiger partial charge in [-0.25, -0.2) is 8.78 Å². The fourth-order valence-electron chi connectivity index (χ4n) is 5.70. The number of alkyl halides is 1. The highest BCUT2D eigenvalue weighted by molar-refractivity contribution is 6.74. The van der Waals surface area contributed by atoms with Crippen molar-refractivity contribution in [3.8, 4) is 23.0 Å². The SMILES string of the molecule is CCc1cccc2cc(OCOC)cc(-c3ncc4c(N(C)[C@@H]5C[C@H]5F)nc(OCC5(CO[Si](C)(C)C(C)(C)C)CC5)nc4c3F)c12. The number of hydrogen-bond donors (Lipinski definition) is 0. The van der Waals surface area contributed by atoms with Gasteiger partial charge in [-0.1, -0.05) is 45.9 Å². The summed E-state index contributed by atoms with van der Waals surface area (Å²) >= 11 is 0. The molecule has 2 heterocycles. The molecule has 0 spiro atoms. The molecule has 47 heavy (non-hydrogen) atoms. The Labute approximate surface area is 276 Å². The van der Waals surface area contributed by atoms with Gasteiger partial charge < -0.3 is 23.5 Å². The van der Waals surface area contributed by atoms with Gasteiger partial charge in [-0.15, -0.1) is 0 Å². The van der Waals surface area contributed by atoms with Crippen LogP contribution < -0.4 is 14.4 Å². The highest BCUT2D eigenvalue weighted by atomic mass is 28.4. The van der Waals surface area contributed by atoms with E-state index in [-0.39, 0.29) is 40.5 Å². The van der Waals surface area contributed by atoms with Crippen molar-refractivity contribution >= 4 is 35.8 Å². The van der Waals surface area contributed by atoms with Crippen molar-refractivity contribution in [1.82, 2.24) is 15.0 Å². The Morgan fingerprint density at radius 1 is 1.09 bits per heavy atom. The summed E-state index contributed by atoms with van der Waals surface area (Å²) in [5, 5.41) is 2.29. The predicted octanol–water partition coefficient (Wildman–Crippen LogP) is 8.26. The Bertz CT molecular complexity index is 1790. The minimum Gasteiger partial charge on any atom is -0.468 e. The molecule has 0 saturated heterocycles. The highest BCUT2D eigenvalue weighted by Gasteiger charge is 2.47. The molecule has 0 radical (unpaired) electrons. The van der Waals surface area contributed by atoms with E-state index in [0.29, 0.717) is 42.2 Å². The number of fused-ring (bicyclic) bond motifs is 2. The molecule has 2 aliphatic carbocycles. The van der Waals surface area contributed by atoms with E-state index >= 15 is 4.39 Å². The number of halogens is 2. The minimum absolute atomic E-state index is 0.0504. The molecule has 0 bridgehead atoms. The summed E-state index contributed by atoms with van der Waals surface area (Å²) in [4.78, 5) is 15.7. The molecule has 2 atom stereocenters. The Kier molecular flexibility index (Phi) is 8.95. The minimum atomic E-state index is -1.94. The first kappa shape index (κ1) is 33.5. The van der Waals surface area contributed by atoms with Crippen LogP contribution in [0.3, 0.4) is 0 Å². The topological polar surface area (TPSA) is 78.8 Å². The zero-order valence-electron chi connectivity index (χ0n) is 28.7. The Morgan fingerprint density at radius 3 is 2.47 bits per heavy atom. The molecule has 0 aliphatic heterocycles. The standard InChI is InChI=1S/C36H46F2N4O4Si/c1-9-22-11-10-12-23-15-24(45-21-43-6)16-25(29(22)23)31-30(38)32-26(18-39-31)33(42(5)28-17-27(28)37)41-34(40-32)44-19-36(13-14-36)20-46-47(7,8)35(2,3)4/h10-12,15-16,18,27-28H,9,13-14,17,19-21H2,1-8H3/t27-,28-/m1/s1. The van der Waals surface area contributed by atoms with Crippen LogP contribution in [-0.4, -0.2) is 69.6 Å². The number of benzene rings is 2. The number of hydrogen-bond acceptors (Lipinski definition) is 8. The second-order valence-electron chi connectivity index (χ2n) is 14.7. The van der Waals surface area contributed by atoms with Gasteiger partial charge in [-0.05, 0) is 65.9 Å². The third kappa shape index (κ3) is 6.67. The van der Waals surface area contributed by atoms with Crippen LogP contribution in [0.4, 0.5) is 14.6 Å². The van der Waals surface area contributed by atoms with Gasteiger partial charge in [-0.3, -0.25) is 4.98 Å². The lowest BCUT2D eigenvalue weighted by Crippen LogP contribution is -2.42. The molecule has 2 saturated carbocycles. The van der Waals surface area contributed by atoms with Crippen molar-refractivity contribution in [2.24, 2.45) is 5.41 Å². The van der Waals surface area contributed by atoms with Crippen LogP contribution in [0.15, 0.2) is 36.5 Å². The molecular weight excluding hydrogens is 619 g/mol. The molecule has 6 rings (SSSR count). The first-order chi connectivity index (χ1) is 22.3. The number of pyridine rings is 1. The largest absolute Gasteiger partial charge is 0.468 e. The van der Waals surface area contributed by atoms with Crippen LogP contribution in [0.1, 0.15) is 52.5 Å². The van der Waals surface area contributed by atoms with E-state index < -0.39 is 20.3 Å². The van der Waals surface area contributed by atoms with Gasteiger partial charge in [0, 0.05) is 44.4 Å². The van der Waals surface area contributed by atoms with Crippen molar-refractivity contribution in [2.45, 2.75) is 83.7 Å². The molecule has 8 nitrogen and oxygen atoms in total. The Balaban J connectivity index is 1.41. The molecule has 0 N–H and O–H groups in total. The summed E-state index contributed by atoms with van der Waals surface area (Å²) in [5.74, 6) is 0.329. The van der Waals surface area contributed by atoms with E-state index in [0.717, 1.165) is 35.6 Å². The fraction of sp³-hybridized carbons (Fsp3) is 0.528. The maximum absolute atomic E-state index is 16.9. The summed E-state index contributed by atoms with van der Waals surface area (Å²) in [7, 11) is 1.38. The lowest BCUT2D eigenvalue weighted by Gasteiger charge is -2.37. The lowest BCUT2D eigenvalue weighted by atomic mass is 9.95. The van der Waals surface area contributed by atoms with E-state index in [1.165, 1.54) is 0 Å². The second-order valence-corrected chi connectivity index (χ2v) is 19.5. The number of aromatic nitrogens is 3. The number of anilines is 1. The summed E-state index contributed by atoms with van der Waals surface area (Å²) in [6.07, 6.45) is 3.70. The summed E-state index contributed by atoms with van der Waals surface area (Å²) < 4.78 is 54.9. The van der Waals surface area contributed by atoms with Crippen LogP contribution in [0.25, 0.3) is 32.9 Å². The van der Waals surface area contributed by atoms with Crippen molar-refractivity contribution in [1.29, 1.82) is 0 Å². The van der Waals surface area contributed by atoms with E-state index in [1.807, 2.05) is 24.3 Å². The van der Waals surface area contributed by atoms with Gasteiger partial charge in [0.15, 0.2) is 20.9 Å². The highest BCUT2D eigenvalue weighted by Crippen LogP contribution is 2.48. The molecule has 11 heteroatoms. The van der Waals surface area contributed by atoms with Gasteiger partial charge in [-0.2, -0.15) is 9.97 Å². The third-order valence-corrected chi connectivity index (χ3v) is 14.7. The average molecular weight is 665 g/mol. The molecule has 4 aromatic rings. The predicted molar refractivity (Wildman–Crippen MR) is 184 cm³/mol. The molecule has 2 aliphatic rings. The number of nitrogens with zero attached hydrogens (tertiary/aromatic N) is 4. The van der Waals surface area contributed by atoms with Crippen molar-refractivity contribution in [3.05, 3.63) is 47.9 Å². The van der Waals surface area contributed by atoms with Gasteiger partial charge in [0.05, 0.1) is 18.0 Å². The van der Waals surface area contributed by atoms with Crippen LogP contribution in [0.2, 0.25) is 18.1 Å². The number of ether oxygens (including phenoxy) is 3. The zero-order chi connectivity index (χ0) is 33.7. The van der Waals surface area contributed by atoms with Crippen molar-refractivity contribution in [2.75, 3.05) is 39.1 Å². The van der Waals surface area contributed by atoms with Crippen LogP contribution in [0, 0.1) is 11.2 Å². The second kappa shape index (κ2) is 12.6. The van der Waals surface area contributed by atoms with Gasteiger partial charge in [0.2, 0.25) is 0 Å². The molecule has 252 valence electrons. The van der Waals surface area contributed by atoms with Crippen LogP contribution in [-0.2, 0) is 15.6 Å². The molecule has 0 amide bonds. The Hall–Kier alpha value is -3.41. The quantitative estimate of drug-likeness (QED) is 0.104. The van der Waals surface area contributed by atoms with Gasteiger partial charge >= 0.3 is 6.01 Å². The Morgan fingerprint density at radius 2 is 1.83 bits per heavy atom. The third-order valence-electron chi connectivity index (χ3n) is 10.2. The van der Waals surface area contributed by atoms with E-state index in [1.54, 1.807) is 31.3 Å². The molecule has 2 aromatic heterocycles. The summed E-state index contributed by atoms with van der Waals surface area (Å²) in [6.45, 7) is 14.2. The van der Waals surface area contributed by atoms with E-state index in [9.17, 15) is 4.39 Å². The fourth-order valence-corrected chi connectivity index (χ4v) is 6.80. The molecular formula is C36H46F2N4O4Si. The maximum Gasteiger partial charge on any atom is 0.319 e. The monoisotopic (exact) mass is 664 g/mol. The average Bonchev–Trinajstić information content (AvgIpc) is 3.97. The number of aryl methyl sites for hydroxylation is 1. The van der Waals surface area contributed by atoms with Gasteiger partial charge in [0.1, 0.15) is 28.9 Å². The van der Waals surface area contributed by atoms with E-state index in [2.05, 4.69) is 50.8 Å². The molecule has 0 unspecified atom stereocenters. The van der Waals surface area contributed by atoms with Crippen LogP contribution >= 0.6 is 0 Å². The summed E-state index contributed by atoms with van der Waals surface area (Å²) in [6, 6.07) is 9.41. The maximum atomic E-state index is 16.9. The zero-order valence-corrected chi connectivity index (χ0v) is 29.7. The first-order valence-corrected chi connectivity index (χ1v) is 19.4. The van der Waals surface area contributed by atoms with E-state index in [4.69, 9.17) is 23.6 Å². The molecule has 2 fully saturated rings. The smallest absolute Gasteiger partial charge is 0.319 e. The normalized spacial score (nSPS) is 18.9. The lowest BCUT2D eigenvalue weighted by molar-refractivity contribution is 0.0512. The number of methoxy groups -OCH3 is 1. The van der Waals surface area contributed by atoms with Crippen molar-refractivity contribution < 1.29 is 27.4 Å². The van der Waals surface area contributed by atoms with Crippen LogP contribution in [0.5, 0.6) is 11.8 Å². The first-order valence-electron chi connectivity index (χ1n) is 16.4. The number of rotatable bonds is 13. The summed E-state index contributed by atoms with van der Waals surface area (Å²) in [5.41, 5.74) is 1.74. The van der Waals surface area contributed by atoms with Crippen molar-refractivity contribution in [3.63, 3.8) is 0 Å². The molecule has 2 aromatic carbocycles. The van der Waals surface area contributed by atoms with Gasteiger partial charge in [0.25, 0.3) is 0 Å².